The number of anilines is 6. The van der Waals surface area contributed by atoms with Crippen LogP contribution < -0.4 is 9.80 Å². The monoisotopic (exact) mass is 1030 g/mol. The predicted molar refractivity (Wildman–Crippen MR) is 343 cm³/mol. The van der Waals surface area contributed by atoms with Gasteiger partial charge in [-0.3, -0.25) is 0 Å². The summed E-state index contributed by atoms with van der Waals surface area (Å²) >= 11 is 0. The molecule has 11 aromatic carbocycles. The van der Waals surface area contributed by atoms with Gasteiger partial charge in [0.05, 0.1) is 55.8 Å². The quantitative estimate of drug-likeness (QED) is 0.151. The molecule has 0 bridgehead atoms. The van der Waals surface area contributed by atoms with Gasteiger partial charge >= 0.3 is 0 Å². The maximum atomic E-state index is 2.59. The minimum Gasteiger partial charge on any atom is -0.309 e. The van der Waals surface area contributed by atoms with Crippen LogP contribution in [-0.2, 0) is 10.8 Å². The molecule has 0 radical (unpaired) electrons. The van der Waals surface area contributed by atoms with Crippen LogP contribution in [-0.4, -0.2) is 8.80 Å². The van der Waals surface area contributed by atoms with Crippen LogP contribution >= 0.6 is 0 Å². The van der Waals surface area contributed by atoms with E-state index in [0.717, 1.165) is 34.1 Å². The number of rotatable bonds is 8. The lowest BCUT2D eigenvalue weighted by Crippen LogP contribution is -2.12. The second-order valence-electron chi connectivity index (χ2n) is 24.3. The molecule has 0 unspecified atom stereocenters. The van der Waals surface area contributed by atoms with Crippen LogP contribution in [0.2, 0.25) is 0 Å². The second kappa shape index (κ2) is 17.6. The van der Waals surface area contributed by atoms with E-state index in [1.165, 1.54) is 121 Å². The third kappa shape index (κ3) is 7.21. The number of hydrogen-bond acceptors (Lipinski definition) is 2. The minimum absolute atomic E-state index is 0.0562. The first-order valence-electron chi connectivity index (χ1n) is 28.3. The van der Waals surface area contributed by atoms with Crippen molar-refractivity contribution in [3.63, 3.8) is 0 Å². The summed E-state index contributed by atoms with van der Waals surface area (Å²) < 4.78 is 5.19. The molecule has 4 heterocycles. The number of nitrogens with zero attached hydrogens (tertiary/aromatic N) is 4. The Balaban J connectivity index is 1.06. The van der Waals surface area contributed by atoms with Crippen LogP contribution in [0, 0.1) is 13.8 Å². The zero-order chi connectivity index (χ0) is 54.3. The van der Waals surface area contributed by atoms with Gasteiger partial charge in [-0.25, -0.2) is 0 Å². The first-order valence-corrected chi connectivity index (χ1v) is 28.3. The van der Waals surface area contributed by atoms with Crippen molar-refractivity contribution in [3.8, 4) is 22.3 Å². The van der Waals surface area contributed by atoms with Gasteiger partial charge in [-0.2, -0.15) is 0 Å². The van der Waals surface area contributed by atoms with Crippen molar-refractivity contribution < 1.29 is 0 Å². The topological polar surface area (TPSA) is 15.3 Å². The Morgan fingerprint density at radius 1 is 0.300 bits per heavy atom. The molecule has 4 aromatic heterocycles. The Kier molecular flexibility index (Phi) is 10.5. The van der Waals surface area contributed by atoms with Crippen LogP contribution in [0.5, 0.6) is 0 Å². The van der Waals surface area contributed by atoms with E-state index in [1.54, 1.807) is 0 Å². The van der Waals surface area contributed by atoms with E-state index in [9.17, 15) is 0 Å². The molecule has 0 saturated heterocycles. The van der Waals surface area contributed by atoms with Crippen molar-refractivity contribution in [1.82, 2.24) is 8.80 Å². The number of benzene rings is 11. The van der Waals surface area contributed by atoms with Gasteiger partial charge in [-0.15, -0.1) is 0 Å². The van der Waals surface area contributed by atoms with Crippen LogP contribution in [0.4, 0.5) is 34.1 Å². The highest BCUT2D eigenvalue weighted by molar-refractivity contribution is 6.32. The summed E-state index contributed by atoms with van der Waals surface area (Å²) in [6, 6.07) is 86.6. The van der Waals surface area contributed by atoms with Gasteiger partial charge in [-0.1, -0.05) is 187 Å². The fourth-order valence-corrected chi connectivity index (χ4v) is 13.2. The maximum absolute atomic E-state index is 2.59. The van der Waals surface area contributed by atoms with Crippen molar-refractivity contribution in [2.45, 2.75) is 66.2 Å². The summed E-state index contributed by atoms with van der Waals surface area (Å²) in [7, 11) is 0. The summed E-state index contributed by atoms with van der Waals surface area (Å²) in [5.74, 6) is 0. The lowest BCUT2D eigenvalue weighted by molar-refractivity contribution is 0.591. The molecule has 0 spiro atoms. The van der Waals surface area contributed by atoms with Crippen molar-refractivity contribution in [2.75, 3.05) is 9.80 Å². The van der Waals surface area contributed by atoms with Gasteiger partial charge in [0.2, 0.25) is 0 Å². The van der Waals surface area contributed by atoms with Gasteiger partial charge < -0.3 is 18.6 Å². The average molecular weight is 1030 g/mol. The first kappa shape index (κ1) is 47.8. The van der Waals surface area contributed by atoms with Crippen molar-refractivity contribution in [2.24, 2.45) is 0 Å². The van der Waals surface area contributed by atoms with Gasteiger partial charge in [0.25, 0.3) is 0 Å². The minimum atomic E-state index is -0.0562. The van der Waals surface area contributed by atoms with E-state index in [0.29, 0.717) is 0 Å². The lowest BCUT2D eigenvalue weighted by Gasteiger charge is -2.29. The Morgan fingerprint density at radius 3 is 1.05 bits per heavy atom. The molecular formula is C76H62N4. The summed E-state index contributed by atoms with van der Waals surface area (Å²) in [5, 5.41) is 10.0. The van der Waals surface area contributed by atoms with E-state index in [1.807, 2.05) is 0 Å². The third-order valence-electron chi connectivity index (χ3n) is 17.1. The summed E-state index contributed by atoms with van der Waals surface area (Å²) in [5.41, 5.74) is 23.9. The van der Waals surface area contributed by atoms with Crippen LogP contribution in [0.1, 0.15) is 63.8 Å². The highest BCUT2D eigenvalue weighted by Gasteiger charge is 2.31. The highest BCUT2D eigenvalue weighted by atomic mass is 15.2. The maximum Gasteiger partial charge on any atom is 0.0641 e. The molecule has 4 nitrogen and oxygen atoms in total. The third-order valence-corrected chi connectivity index (χ3v) is 17.1. The molecule has 0 fully saturated rings. The van der Waals surface area contributed by atoms with Crippen molar-refractivity contribution in [3.05, 3.63) is 253 Å². The highest BCUT2D eigenvalue weighted by Crippen LogP contribution is 2.53. The Morgan fingerprint density at radius 2 is 0.675 bits per heavy atom. The second-order valence-corrected chi connectivity index (χ2v) is 24.3. The summed E-state index contributed by atoms with van der Waals surface area (Å²) in [6.45, 7) is 18.4. The molecule has 0 atom stereocenters. The Hall–Kier alpha value is -9.38. The van der Waals surface area contributed by atoms with E-state index in [-0.39, 0.29) is 10.8 Å². The van der Waals surface area contributed by atoms with Crippen molar-refractivity contribution in [1.29, 1.82) is 0 Å². The zero-order valence-corrected chi connectivity index (χ0v) is 46.7. The zero-order valence-electron chi connectivity index (χ0n) is 46.7. The van der Waals surface area contributed by atoms with Crippen LogP contribution in [0.25, 0.3) is 98.4 Å². The van der Waals surface area contributed by atoms with Gasteiger partial charge in [0.1, 0.15) is 0 Å². The summed E-state index contributed by atoms with van der Waals surface area (Å²) in [6.07, 6.45) is 0. The first-order chi connectivity index (χ1) is 38.8. The van der Waals surface area contributed by atoms with Crippen LogP contribution in [0.3, 0.4) is 0 Å². The average Bonchev–Trinajstić information content (AvgIpc) is 4.21. The van der Waals surface area contributed by atoms with E-state index < -0.39 is 0 Å². The Bertz CT molecular complexity index is 4590. The molecule has 0 aliphatic rings. The number of hydrogen-bond donors (Lipinski definition) is 0. The smallest absolute Gasteiger partial charge is 0.0641 e. The molecule has 0 amide bonds. The SMILES string of the molecule is Cc1ccc(-c2ccccc2)c(N(c2ccccc2)c2ccc3c4cc5c(cc4n4c6ccc(C(C)(C)C)cc6c2c34)c2ccc(N(c3ccccc3)c3cc(C)ccc3-c3ccccc3)c3c4cc(C(C)(C)C)ccc4n5c23)c1. The normalized spacial score (nSPS) is 12.5. The standard InChI is InChI=1S/C76H62N4/c1-47-29-33-55(49-21-13-9-14-22-49)67(41-47)77(53-25-17-11-18-26-53)65-39-35-57-59-45-70-60(46-69(59)79-63-37-31-51(75(3,4)5)43-61(63)71(65)73(57)79)58-36-40-66(72-62-44-52(76(6,7)8)32-38-64(62)80(70)74(58)72)78(54-27-19-12-20-28-54)68-42-48(2)30-34-56(68)50-23-15-10-16-24-50/h9-46H,1-8H3. The molecule has 0 saturated carbocycles. The molecule has 15 rings (SSSR count). The number of aryl methyl sites for hydroxylation is 2. The fraction of sp³-hybridized carbons (Fsp3) is 0.132. The molecule has 4 heteroatoms. The molecule has 386 valence electrons. The number of para-hydroxylation sites is 2. The molecule has 0 aliphatic carbocycles. The molecule has 15 aromatic rings. The molecule has 80 heavy (non-hydrogen) atoms. The summed E-state index contributed by atoms with van der Waals surface area (Å²) in [4.78, 5) is 5.04. The fourth-order valence-electron chi connectivity index (χ4n) is 13.2. The number of fused-ring (bicyclic) bond motifs is 12. The lowest BCUT2D eigenvalue weighted by atomic mass is 9.86. The van der Waals surface area contributed by atoms with Gasteiger partial charge in [0, 0.05) is 65.6 Å². The van der Waals surface area contributed by atoms with E-state index >= 15 is 0 Å². The van der Waals surface area contributed by atoms with Gasteiger partial charge in [0.15, 0.2) is 0 Å². The largest absolute Gasteiger partial charge is 0.309 e. The number of aromatic nitrogens is 2. The Labute approximate surface area is 467 Å². The molecular weight excluding hydrogens is 969 g/mol. The van der Waals surface area contributed by atoms with E-state index in [4.69, 9.17) is 0 Å². The van der Waals surface area contributed by atoms with Gasteiger partial charge in [-0.05, 0) is 143 Å². The molecule has 0 N–H and O–H groups in total. The molecule has 0 aliphatic heterocycles. The van der Waals surface area contributed by atoms with Crippen molar-refractivity contribution >= 4 is 110 Å². The van der Waals surface area contributed by atoms with E-state index in [2.05, 4.69) is 305 Å². The van der Waals surface area contributed by atoms with Crippen LogP contribution in [0.15, 0.2) is 231 Å². The predicted octanol–water partition coefficient (Wildman–Crippen LogP) is 21.5.